The third kappa shape index (κ3) is 2.82. The number of aldehydes is 1. The molecule has 0 atom stereocenters. The van der Waals surface area contributed by atoms with Crippen LogP contribution in [0.3, 0.4) is 0 Å². The summed E-state index contributed by atoms with van der Waals surface area (Å²) in [4.78, 5) is 15.3. The fourth-order valence-corrected chi connectivity index (χ4v) is 1.55. The highest BCUT2D eigenvalue weighted by molar-refractivity contribution is 5.85. The summed E-state index contributed by atoms with van der Waals surface area (Å²) in [6.45, 7) is 4.01. The van der Waals surface area contributed by atoms with Gasteiger partial charge in [0.15, 0.2) is 6.29 Å². The minimum atomic E-state index is 0.225. The minimum Gasteiger partial charge on any atom is -0.395 e. The number of nitrogens with zero attached hydrogens (tertiary/aromatic N) is 2. The second kappa shape index (κ2) is 5.45. The van der Waals surface area contributed by atoms with Crippen molar-refractivity contribution in [2.75, 3.05) is 7.05 Å². The lowest BCUT2D eigenvalue weighted by molar-refractivity contribution is -0.106. The molecule has 0 aromatic carbocycles. The zero-order valence-corrected chi connectivity index (χ0v) is 10.4. The highest BCUT2D eigenvalue weighted by Gasteiger charge is 2.10. The predicted octanol–water partition coefficient (Wildman–Crippen LogP) is 0.584. The third-order valence-electron chi connectivity index (χ3n) is 2.58. The summed E-state index contributed by atoms with van der Waals surface area (Å²) in [6, 6.07) is 3.73. The molecular formula is C12H18N4O. The third-order valence-corrected chi connectivity index (χ3v) is 2.58. The molecule has 4 N–H and O–H groups in total. The van der Waals surface area contributed by atoms with Gasteiger partial charge < -0.3 is 10.7 Å². The lowest BCUT2D eigenvalue weighted by Crippen LogP contribution is -2.28. The maximum atomic E-state index is 10.9. The number of hydrogen-bond donors (Lipinski definition) is 2. The molecule has 0 radical (unpaired) electrons. The van der Waals surface area contributed by atoms with Crippen LogP contribution < -0.4 is 11.6 Å². The molecular weight excluding hydrogens is 216 g/mol. The van der Waals surface area contributed by atoms with E-state index >= 15 is 0 Å². The van der Waals surface area contributed by atoms with Gasteiger partial charge in [-0.15, -0.1) is 0 Å². The number of hydrogen-bond acceptors (Lipinski definition) is 5. The van der Waals surface area contributed by atoms with E-state index in [1.54, 1.807) is 13.1 Å². The van der Waals surface area contributed by atoms with E-state index < -0.39 is 0 Å². The highest BCUT2D eigenvalue weighted by Crippen LogP contribution is 2.14. The number of likely N-dealkylation sites (N-methyl/N-ethyl adjacent to an activating group) is 1. The predicted molar refractivity (Wildman–Crippen MR) is 67.5 cm³/mol. The smallest absolute Gasteiger partial charge is 0.169 e. The molecule has 0 saturated carbocycles. The molecule has 5 heteroatoms. The number of aryl methyl sites for hydroxylation is 2. The van der Waals surface area contributed by atoms with Crippen LogP contribution in [0, 0.1) is 6.92 Å². The van der Waals surface area contributed by atoms with Crippen molar-refractivity contribution in [3.05, 3.63) is 34.8 Å². The van der Waals surface area contributed by atoms with Crippen LogP contribution in [0.2, 0.25) is 0 Å². The van der Waals surface area contributed by atoms with Crippen LogP contribution in [0.4, 0.5) is 0 Å². The highest BCUT2D eigenvalue weighted by atomic mass is 16.1. The zero-order valence-electron chi connectivity index (χ0n) is 10.4. The van der Waals surface area contributed by atoms with Crippen molar-refractivity contribution in [3.8, 4) is 0 Å². The monoisotopic (exact) mass is 234 g/mol. The molecule has 1 rings (SSSR count). The number of pyridine rings is 1. The Morgan fingerprint density at radius 3 is 2.65 bits per heavy atom. The van der Waals surface area contributed by atoms with Gasteiger partial charge in [0.1, 0.15) is 5.70 Å². The Morgan fingerprint density at radius 2 is 2.18 bits per heavy atom. The van der Waals surface area contributed by atoms with E-state index in [4.69, 9.17) is 11.6 Å². The normalized spacial score (nSPS) is 12.0. The Morgan fingerprint density at radius 1 is 1.53 bits per heavy atom. The summed E-state index contributed by atoms with van der Waals surface area (Å²) >= 11 is 0. The van der Waals surface area contributed by atoms with Crippen LogP contribution in [0.15, 0.2) is 17.8 Å². The van der Waals surface area contributed by atoms with E-state index in [0.29, 0.717) is 17.7 Å². The van der Waals surface area contributed by atoms with Crippen LogP contribution >= 0.6 is 0 Å². The maximum Gasteiger partial charge on any atom is 0.169 e. The van der Waals surface area contributed by atoms with E-state index in [1.165, 1.54) is 5.01 Å². The van der Waals surface area contributed by atoms with Gasteiger partial charge in [0.25, 0.3) is 0 Å². The van der Waals surface area contributed by atoms with Crippen molar-refractivity contribution >= 4 is 12.0 Å². The Labute approximate surface area is 101 Å². The van der Waals surface area contributed by atoms with Gasteiger partial charge in [-0.25, -0.2) is 5.84 Å². The molecule has 1 aromatic heterocycles. The van der Waals surface area contributed by atoms with E-state index in [9.17, 15) is 4.79 Å². The number of allylic oxidation sites excluding steroid dienone is 1. The SMILES string of the molecule is CCc1nc(/C(N)=C(\C=O)N(C)N)ccc1C. The van der Waals surface area contributed by atoms with Crippen molar-refractivity contribution in [3.63, 3.8) is 0 Å². The first-order valence-corrected chi connectivity index (χ1v) is 5.41. The number of aromatic nitrogens is 1. The topological polar surface area (TPSA) is 85.2 Å². The van der Waals surface area contributed by atoms with Gasteiger partial charge in [-0.3, -0.25) is 9.78 Å². The average Bonchev–Trinajstić information content (AvgIpc) is 2.29. The second-order valence-electron chi connectivity index (χ2n) is 3.84. The van der Waals surface area contributed by atoms with Gasteiger partial charge in [0.2, 0.25) is 0 Å². The number of rotatable bonds is 4. The molecule has 1 aromatic rings. The minimum absolute atomic E-state index is 0.225. The molecule has 0 aliphatic carbocycles. The maximum absolute atomic E-state index is 10.9. The van der Waals surface area contributed by atoms with Gasteiger partial charge in [0.05, 0.1) is 11.4 Å². The average molecular weight is 234 g/mol. The molecule has 0 unspecified atom stereocenters. The van der Waals surface area contributed by atoms with Crippen LogP contribution in [-0.4, -0.2) is 23.3 Å². The number of carbonyl (C=O) groups is 1. The standard InChI is InChI=1S/C12H18N4O/c1-4-9-8(2)5-6-10(15-9)12(13)11(7-17)16(3)14/h5-7H,4,13-14H2,1-3H3/b12-11-. The summed E-state index contributed by atoms with van der Waals surface area (Å²) in [5.41, 5.74) is 9.06. The van der Waals surface area contributed by atoms with E-state index in [0.717, 1.165) is 17.7 Å². The van der Waals surface area contributed by atoms with E-state index in [1.807, 2.05) is 19.9 Å². The molecule has 0 saturated heterocycles. The summed E-state index contributed by atoms with van der Waals surface area (Å²) in [7, 11) is 1.56. The molecule has 5 nitrogen and oxygen atoms in total. The lowest BCUT2D eigenvalue weighted by Gasteiger charge is -2.14. The van der Waals surface area contributed by atoms with Gasteiger partial charge in [-0.2, -0.15) is 0 Å². The summed E-state index contributed by atoms with van der Waals surface area (Å²) in [5, 5.41) is 1.19. The van der Waals surface area contributed by atoms with Crippen molar-refractivity contribution < 1.29 is 4.79 Å². The molecule has 17 heavy (non-hydrogen) atoms. The van der Waals surface area contributed by atoms with Gasteiger partial charge >= 0.3 is 0 Å². The van der Waals surface area contributed by atoms with Gasteiger partial charge in [-0.05, 0) is 25.0 Å². The second-order valence-corrected chi connectivity index (χ2v) is 3.84. The molecule has 0 aliphatic rings. The first-order valence-electron chi connectivity index (χ1n) is 5.41. The van der Waals surface area contributed by atoms with Crippen LogP contribution in [0.25, 0.3) is 5.70 Å². The van der Waals surface area contributed by atoms with E-state index in [-0.39, 0.29) is 5.70 Å². The van der Waals surface area contributed by atoms with Crippen LogP contribution in [0.1, 0.15) is 23.9 Å². The molecule has 0 aliphatic heterocycles. The van der Waals surface area contributed by atoms with Gasteiger partial charge in [-0.1, -0.05) is 13.0 Å². The molecule has 0 bridgehead atoms. The largest absolute Gasteiger partial charge is 0.395 e. The molecule has 0 amide bonds. The lowest BCUT2D eigenvalue weighted by atomic mass is 10.1. The zero-order chi connectivity index (χ0) is 13.0. The van der Waals surface area contributed by atoms with Crippen molar-refractivity contribution in [2.24, 2.45) is 11.6 Å². The van der Waals surface area contributed by atoms with Crippen molar-refractivity contribution in [1.29, 1.82) is 0 Å². The Hall–Kier alpha value is -1.88. The summed E-state index contributed by atoms with van der Waals surface area (Å²) in [6.07, 6.45) is 1.45. The Bertz CT molecular complexity index is 452. The Kier molecular flexibility index (Phi) is 4.23. The van der Waals surface area contributed by atoms with E-state index in [2.05, 4.69) is 4.98 Å². The fourth-order valence-electron chi connectivity index (χ4n) is 1.55. The van der Waals surface area contributed by atoms with Crippen molar-refractivity contribution in [1.82, 2.24) is 9.99 Å². The van der Waals surface area contributed by atoms with Crippen molar-refractivity contribution in [2.45, 2.75) is 20.3 Å². The summed E-state index contributed by atoms with van der Waals surface area (Å²) < 4.78 is 0. The molecule has 0 fully saturated rings. The van der Waals surface area contributed by atoms with Crippen LogP contribution in [0.5, 0.6) is 0 Å². The molecule has 1 heterocycles. The molecule has 0 spiro atoms. The van der Waals surface area contributed by atoms with Gasteiger partial charge in [0, 0.05) is 12.7 Å². The quantitative estimate of drug-likeness (QED) is 0.344. The number of nitrogens with two attached hydrogens (primary N) is 2. The fraction of sp³-hybridized carbons (Fsp3) is 0.333. The number of carbonyl (C=O) groups excluding carboxylic acids is 1. The summed E-state index contributed by atoms with van der Waals surface area (Å²) in [5.74, 6) is 5.52. The molecule has 92 valence electrons. The number of hydrazine groups is 1. The first kappa shape index (κ1) is 13.2. The van der Waals surface area contributed by atoms with Crippen LogP contribution in [-0.2, 0) is 11.2 Å². The Balaban J connectivity index is 3.29. The first-order chi connectivity index (χ1) is 8.01.